The number of alkyl carbamates (subject to hydrolysis) is 1. The Bertz CT molecular complexity index is 935. The van der Waals surface area contributed by atoms with E-state index in [9.17, 15) is 24.0 Å². The van der Waals surface area contributed by atoms with Gasteiger partial charge in [0.05, 0.1) is 11.1 Å². The molecule has 0 atom stereocenters. The molecule has 5 amide bonds. The van der Waals surface area contributed by atoms with E-state index in [1.165, 1.54) is 0 Å². The number of carbonyl (C=O) groups is 5. The van der Waals surface area contributed by atoms with Crippen molar-refractivity contribution in [2.75, 3.05) is 39.3 Å². The van der Waals surface area contributed by atoms with Gasteiger partial charge in [0.15, 0.2) is 0 Å². The van der Waals surface area contributed by atoms with Crippen LogP contribution in [0.25, 0.3) is 0 Å². The number of nitrogens with one attached hydrogen (secondary N) is 1. The summed E-state index contributed by atoms with van der Waals surface area (Å²) in [7, 11) is 0. The Hall–Kier alpha value is -3.43. The van der Waals surface area contributed by atoms with Gasteiger partial charge in [-0.15, -0.1) is 0 Å². The zero-order valence-corrected chi connectivity index (χ0v) is 20.0. The number of amides is 5. The van der Waals surface area contributed by atoms with E-state index in [0.29, 0.717) is 43.7 Å². The number of rotatable bonds is 6. The molecule has 1 N–H and O–H groups in total. The summed E-state index contributed by atoms with van der Waals surface area (Å²) in [5, 5.41) is 2.58. The van der Waals surface area contributed by atoms with Crippen molar-refractivity contribution in [2.45, 2.75) is 45.6 Å². The van der Waals surface area contributed by atoms with Gasteiger partial charge in [0.1, 0.15) is 5.60 Å². The zero-order valence-electron chi connectivity index (χ0n) is 20.0. The largest absolute Gasteiger partial charge is 0.444 e. The highest BCUT2D eigenvalue weighted by molar-refractivity contribution is 6.21. The van der Waals surface area contributed by atoms with Crippen LogP contribution in [0.4, 0.5) is 4.79 Å². The van der Waals surface area contributed by atoms with Gasteiger partial charge < -0.3 is 19.9 Å². The summed E-state index contributed by atoms with van der Waals surface area (Å²) < 4.78 is 5.15. The van der Waals surface area contributed by atoms with E-state index < -0.39 is 11.7 Å². The highest BCUT2D eigenvalue weighted by Gasteiger charge is 2.35. The molecular weight excluding hydrogens is 440 g/mol. The molecule has 10 heteroatoms. The predicted octanol–water partition coefficient (Wildman–Crippen LogP) is 1.65. The minimum atomic E-state index is -0.603. The van der Waals surface area contributed by atoms with E-state index in [2.05, 4.69) is 5.32 Å². The summed E-state index contributed by atoms with van der Waals surface area (Å²) in [5.74, 6) is -1.00. The van der Waals surface area contributed by atoms with Gasteiger partial charge in [-0.25, -0.2) is 4.79 Å². The molecule has 0 aromatic heterocycles. The fourth-order valence-corrected chi connectivity index (χ4v) is 3.97. The third-order valence-electron chi connectivity index (χ3n) is 5.64. The number of carbonyl (C=O) groups excluding carboxylic acids is 5. The van der Waals surface area contributed by atoms with Crippen molar-refractivity contribution in [3.63, 3.8) is 0 Å². The van der Waals surface area contributed by atoms with Gasteiger partial charge in [0, 0.05) is 52.1 Å². The Labute approximate surface area is 199 Å². The molecule has 1 aromatic rings. The van der Waals surface area contributed by atoms with Crippen molar-refractivity contribution < 1.29 is 28.7 Å². The molecule has 2 aliphatic heterocycles. The monoisotopic (exact) mass is 472 g/mol. The molecule has 2 heterocycles. The summed E-state index contributed by atoms with van der Waals surface area (Å²) in [6, 6.07) is 6.63. The number of nitrogens with zero attached hydrogens (tertiary/aromatic N) is 3. The number of hydrogen-bond donors (Lipinski definition) is 1. The quantitative estimate of drug-likeness (QED) is 0.630. The van der Waals surface area contributed by atoms with Gasteiger partial charge in [-0.1, -0.05) is 12.1 Å². The summed E-state index contributed by atoms with van der Waals surface area (Å²) in [6.07, 6.45) is 0.252. The van der Waals surface area contributed by atoms with Crippen molar-refractivity contribution in [3.05, 3.63) is 35.4 Å². The van der Waals surface area contributed by atoms with Crippen LogP contribution in [-0.2, 0) is 14.3 Å². The van der Waals surface area contributed by atoms with Gasteiger partial charge in [-0.2, -0.15) is 0 Å². The molecule has 0 bridgehead atoms. The lowest BCUT2D eigenvalue weighted by Crippen LogP contribution is -2.40. The summed E-state index contributed by atoms with van der Waals surface area (Å²) >= 11 is 0. The lowest BCUT2D eigenvalue weighted by Gasteiger charge is -2.23. The number of hydrogen-bond acceptors (Lipinski definition) is 6. The van der Waals surface area contributed by atoms with Gasteiger partial charge >= 0.3 is 6.09 Å². The number of imide groups is 1. The Kier molecular flexibility index (Phi) is 7.90. The normalized spacial score (nSPS) is 16.3. The molecule has 1 fully saturated rings. The van der Waals surface area contributed by atoms with Crippen molar-refractivity contribution in [2.24, 2.45) is 0 Å². The van der Waals surface area contributed by atoms with E-state index in [4.69, 9.17) is 4.74 Å². The third kappa shape index (κ3) is 6.33. The van der Waals surface area contributed by atoms with Gasteiger partial charge in [-0.3, -0.25) is 24.1 Å². The second-order valence-corrected chi connectivity index (χ2v) is 9.35. The first kappa shape index (κ1) is 25.2. The predicted molar refractivity (Wildman–Crippen MR) is 123 cm³/mol. The lowest BCUT2D eigenvalue weighted by molar-refractivity contribution is -0.133. The standard InChI is InChI=1S/C24H32N4O6/c1-24(2,3)34-23(33)25-11-9-19(29)26-12-6-13-27(16-15-26)20(30)10-14-28-21(31)17-7-4-5-8-18(17)22(28)32/h4-5,7-8H,6,9-16H2,1-3H3,(H,25,33). The van der Waals surface area contributed by atoms with E-state index in [1.807, 2.05) is 0 Å². The minimum absolute atomic E-state index is 0.0284. The minimum Gasteiger partial charge on any atom is -0.444 e. The van der Waals surface area contributed by atoms with Gasteiger partial charge in [-0.05, 0) is 39.3 Å². The highest BCUT2D eigenvalue weighted by atomic mass is 16.6. The smallest absolute Gasteiger partial charge is 0.407 e. The average Bonchev–Trinajstić information content (AvgIpc) is 2.93. The molecule has 0 spiro atoms. The molecular formula is C24H32N4O6. The van der Waals surface area contributed by atoms with E-state index in [-0.39, 0.29) is 49.6 Å². The summed E-state index contributed by atoms with van der Waals surface area (Å²) in [6.45, 7) is 7.30. The zero-order chi connectivity index (χ0) is 24.9. The van der Waals surface area contributed by atoms with Crippen molar-refractivity contribution in [1.82, 2.24) is 20.0 Å². The van der Waals surface area contributed by atoms with E-state index in [1.54, 1.807) is 54.8 Å². The second-order valence-electron chi connectivity index (χ2n) is 9.35. The fraction of sp³-hybridized carbons (Fsp3) is 0.542. The second kappa shape index (κ2) is 10.7. The molecule has 2 aliphatic rings. The van der Waals surface area contributed by atoms with Gasteiger partial charge in [0.2, 0.25) is 11.8 Å². The van der Waals surface area contributed by atoms with Crippen LogP contribution in [0.15, 0.2) is 24.3 Å². The molecule has 34 heavy (non-hydrogen) atoms. The number of fused-ring (bicyclic) bond motifs is 1. The maximum atomic E-state index is 12.7. The maximum Gasteiger partial charge on any atom is 0.407 e. The SMILES string of the molecule is CC(C)(C)OC(=O)NCCC(=O)N1CCCN(C(=O)CCN2C(=O)c3ccccc3C2=O)CC1. The van der Waals surface area contributed by atoms with E-state index >= 15 is 0 Å². The maximum absolute atomic E-state index is 12.7. The summed E-state index contributed by atoms with van der Waals surface area (Å²) in [5.41, 5.74) is 0.129. The first-order valence-electron chi connectivity index (χ1n) is 11.5. The fourth-order valence-electron chi connectivity index (χ4n) is 3.97. The molecule has 1 saturated heterocycles. The van der Waals surface area contributed by atoms with E-state index in [0.717, 1.165) is 4.90 Å². The van der Waals surface area contributed by atoms with Crippen LogP contribution in [0, 0.1) is 0 Å². The number of ether oxygens (including phenoxy) is 1. The molecule has 0 radical (unpaired) electrons. The Morgan fingerprint density at radius 1 is 0.882 bits per heavy atom. The van der Waals surface area contributed by atoms with Crippen LogP contribution in [0.1, 0.15) is 60.7 Å². The van der Waals surface area contributed by atoms with Crippen molar-refractivity contribution >= 4 is 29.7 Å². The number of benzene rings is 1. The molecule has 3 rings (SSSR count). The van der Waals surface area contributed by atoms with Crippen LogP contribution in [-0.4, -0.2) is 89.3 Å². The summed E-state index contributed by atoms with van der Waals surface area (Å²) in [4.78, 5) is 66.4. The van der Waals surface area contributed by atoms with Crippen molar-refractivity contribution in [1.29, 1.82) is 0 Å². The molecule has 0 aliphatic carbocycles. The lowest BCUT2D eigenvalue weighted by atomic mass is 10.1. The Morgan fingerprint density at radius 3 is 1.94 bits per heavy atom. The Morgan fingerprint density at radius 2 is 1.41 bits per heavy atom. The molecule has 10 nitrogen and oxygen atoms in total. The topological polar surface area (TPSA) is 116 Å². The molecule has 184 valence electrons. The Balaban J connectivity index is 1.42. The van der Waals surface area contributed by atoms with Gasteiger partial charge in [0.25, 0.3) is 11.8 Å². The highest BCUT2D eigenvalue weighted by Crippen LogP contribution is 2.22. The third-order valence-corrected chi connectivity index (χ3v) is 5.64. The molecule has 1 aromatic carbocycles. The first-order valence-corrected chi connectivity index (χ1v) is 11.5. The van der Waals surface area contributed by atoms with Crippen LogP contribution in [0.3, 0.4) is 0 Å². The molecule has 0 unspecified atom stereocenters. The molecule has 0 saturated carbocycles. The van der Waals surface area contributed by atoms with Crippen LogP contribution in [0.5, 0.6) is 0 Å². The van der Waals surface area contributed by atoms with Crippen LogP contribution >= 0.6 is 0 Å². The van der Waals surface area contributed by atoms with Crippen LogP contribution < -0.4 is 5.32 Å². The van der Waals surface area contributed by atoms with Crippen LogP contribution in [0.2, 0.25) is 0 Å². The first-order chi connectivity index (χ1) is 16.1. The average molecular weight is 473 g/mol. The van der Waals surface area contributed by atoms with Crippen molar-refractivity contribution in [3.8, 4) is 0 Å².